The minimum atomic E-state index is -0.438. The van der Waals surface area contributed by atoms with Crippen molar-refractivity contribution >= 4 is 17.3 Å². The van der Waals surface area contributed by atoms with Crippen molar-refractivity contribution in [1.82, 2.24) is 9.97 Å². The van der Waals surface area contributed by atoms with E-state index >= 15 is 0 Å². The minimum absolute atomic E-state index is 0.0727. The Balaban J connectivity index is 2.71. The fraction of sp³-hybridized carbons (Fsp3) is 0.692. The van der Waals surface area contributed by atoms with Crippen LogP contribution < -0.4 is 10.6 Å². The van der Waals surface area contributed by atoms with Crippen LogP contribution in [-0.2, 0) is 0 Å². The van der Waals surface area contributed by atoms with Gasteiger partial charge < -0.3 is 10.6 Å². The summed E-state index contributed by atoms with van der Waals surface area (Å²) in [5.74, 6) is 0.572. The Morgan fingerprint density at radius 3 is 2.25 bits per heavy atom. The summed E-state index contributed by atoms with van der Waals surface area (Å²) in [6.45, 7) is 5.47. The molecule has 0 aliphatic heterocycles. The molecule has 1 heterocycles. The average molecular weight is 281 g/mol. The van der Waals surface area contributed by atoms with Gasteiger partial charge in [0, 0.05) is 13.1 Å². The fourth-order valence-corrected chi connectivity index (χ4v) is 1.81. The molecule has 1 aromatic heterocycles. The maximum atomic E-state index is 11.2. The van der Waals surface area contributed by atoms with E-state index in [-0.39, 0.29) is 11.5 Å². The van der Waals surface area contributed by atoms with Crippen LogP contribution in [0.1, 0.15) is 46.0 Å². The van der Waals surface area contributed by atoms with Crippen molar-refractivity contribution in [2.45, 2.75) is 46.0 Å². The third kappa shape index (κ3) is 4.99. The smallest absolute Gasteiger partial charge is 0.353 e. The lowest BCUT2D eigenvalue weighted by molar-refractivity contribution is -0.383. The molecule has 0 unspecified atom stereocenters. The number of nitrogens with zero attached hydrogens (tertiary/aromatic N) is 3. The topological polar surface area (TPSA) is 93.0 Å². The van der Waals surface area contributed by atoms with Crippen LogP contribution in [0.15, 0.2) is 6.33 Å². The summed E-state index contributed by atoms with van der Waals surface area (Å²) in [6.07, 6.45) is 6.66. The average Bonchev–Trinajstić information content (AvgIpc) is 2.44. The summed E-state index contributed by atoms with van der Waals surface area (Å²) in [5.41, 5.74) is -0.0727. The van der Waals surface area contributed by atoms with Crippen molar-refractivity contribution in [3.63, 3.8) is 0 Å². The number of rotatable bonds is 10. The first-order valence-electron chi connectivity index (χ1n) is 7.17. The van der Waals surface area contributed by atoms with Crippen LogP contribution in [-0.4, -0.2) is 28.0 Å². The summed E-state index contributed by atoms with van der Waals surface area (Å²) in [7, 11) is 0. The molecule has 0 spiro atoms. The highest BCUT2D eigenvalue weighted by atomic mass is 16.6. The number of hydrogen-bond acceptors (Lipinski definition) is 6. The highest BCUT2D eigenvalue weighted by Gasteiger charge is 2.22. The Kier molecular flexibility index (Phi) is 7.31. The molecule has 0 saturated carbocycles. The van der Waals surface area contributed by atoms with Crippen LogP contribution in [0.25, 0.3) is 0 Å². The van der Waals surface area contributed by atoms with Gasteiger partial charge in [0.05, 0.1) is 4.92 Å². The summed E-state index contributed by atoms with van der Waals surface area (Å²) in [4.78, 5) is 18.7. The van der Waals surface area contributed by atoms with Gasteiger partial charge >= 0.3 is 5.69 Å². The normalized spacial score (nSPS) is 10.3. The van der Waals surface area contributed by atoms with Gasteiger partial charge in [-0.3, -0.25) is 10.1 Å². The van der Waals surface area contributed by atoms with E-state index < -0.39 is 4.92 Å². The zero-order valence-electron chi connectivity index (χ0n) is 12.2. The molecular weight excluding hydrogens is 258 g/mol. The minimum Gasteiger partial charge on any atom is -0.364 e. The van der Waals surface area contributed by atoms with Crippen molar-refractivity contribution in [3.05, 3.63) is 16.4 Å². The molecule has 2 N–H and O–H groups in total. The van der Waals surface area contributed by atoms with E-state index in [1.165, 1.54) is 19.2 Å². The van der Waals surface area contributed by atoms with E-state index in [0.29, 0.717) is 18.9 Å². The third-order valence-electron chi connectivity index (χ3n) is 2.87. The Hall–Kier alpha value is -1.92. The second-order valence-electron chi connectivity index (χ2n) is 4.59. The number of nitro groups is 1. The van der Waals surface area contributed by atoms with Gasteiger partial charge in [-0.25, -0.2) is 9.97 Å². The molecule has 0 radical (unpaired) electrons. The van der Waals surface area contributed by atoms with Gasteiger partial charge in [0.2, 0.25) is 11.6 Å². The highest BCUT2D eigenvalue weighted by molar-refractivity contribution is 5.69. The van der Waals surface area contributed by atoms with Crippen LogP contribution in [0.5, 0.6) is 0 Å². The van der Waals surface area contributed by atoms with Crippen molar-refractivity contribution in [1.29, 1.82) is 0 Å². The first kappa shape index (κ1) is 16.1. The standard InChI is InChI=1S/C13H23N5O2/c1-3-5-6-7-9-15-13-11(18(19)20)12(14-8-4-2)16-10-17-13/h10H,3-9H2,1-2H3,(H2,14,15,16,17). The molecule has 20 heavy (non-hydrogen) atoms. The third-order valence-corrected chi connectivity index (χ3v) is 2.87. The van der Waals surface area contributed by atoms with Crippen LogP contribution in [0, 0.1) is 10.1 Å². The predicted molar refractivity (Wildman–Crippen MR) is 80.1 cm³/mol. The van der Waals surface area contributed by atoms with Crippen molar-refractivity contribution < 1.29 is 4.92 Å². The van der Waals surface area contributed by atoms with Crippen molar-refractivity contribution in [2.75, 3.05) is 23.7 Å². The van der Waals surface area contributed by atoms with Gasteiger partial charge in [-0.05, 0) is 12.8 Å². The lowest BCUT2D eigenvalue weighted by atomic mass is 10.2. The molecule has 0 amide bonds. The Morgan fingerprint density at radius 1 is 1.05 bits per heavy atom. The lowest BCUT2D eigenvalue weighted by Gasteiger charge is -2.09. The number of unbranched alkanes of at least 4 members (excludes halogenated alkanes) is 3. The molecule has 7 nitrogen and oxygen atoms in total. The van der Waals surface area contributed by atoms with Crippen molar-refractivity contribution in [3.8, 4) is 0 Å². The van der Waals surface area contributed by atoms with Gasteiger partial charge in [0.25, 0.3) is 0 Å². The molecule has 0 aromatic carbocycles. The van der Waals surface area contributed by atoms with Gasteiger partial charge in [0.1, 0.15) is 6.33 Å². The molecule has 1 rings (SSSR count). The van der Waals surface area contributed by atoms with E-state index in [1.54, 1.807) is 0 Å². The first-order valence-corrected chi connectivity index (χ1v) is 7.17. The SMILES string of the molecule is CCCCCCNc1ncnc(NCCC)c1[N+](=O)[O-]. The van der Waals surface area contributed by atoms with Crippen LogP contribution in [0.2, 0.25) is 0 Å². The second-order valence-corrected chi connectivity index (χ2v) is 4.59. The maximum absolute atomic E-state index is 11.2. The highest BCUT2D eigenvalue weighted by Crippen LogP contribution is 2.28. The summed E-state index contributed by atoms with van der Waals surface area (Å²) in [6, 6.07) is 0. The number of anilines is 2. The van der Waals surface area contributed by atoms with Crippen LogP contribution in [0.4, 0.5) is 17.3 Å². The number of nitrogens with one attached hydrogen (secondary N) is 2. The molecule has 0 aliphatic rings. The predicted octanol–water partition coefficient (Wildman–Crippen LogP) is 3.20. The largest absolute Gasteiger partial charge is 0.364 e. The van der Waals surface area contributed by atoms with Crippen LogP contribution in [0.3, 0.4) is 0 Å². The van der Waals surface area contributed by atoms with E-state index in [4.69, 9.17) is 0 Å². The molecule has 112 valence electrons. The first-order chi connectivity index (χ1) is 9.70. The molecule has 0 saturated heterocycles. The summed E-state index contributed by atoms with van der Waals surface area (Å²) in [5, 5.41) is 17.2. The molecule has 0 bridgehead atoms. The molecule has 0 aliphatic carbocycles. The zero-order chi connectivity index (χ0) is 14.8. The monoisotopic (exact) mass is 281 g/mol. The number of hydrogen-bond donors (Lipinski definition) is 2. The van der Waals surface area contributed by atoms with Gasteiger partial charge in [-0.2, -0.15) is 0 Å². The molecule has 7 heteroatoms. The molecule has 1 aromatic rings. The summed E-state index contributed by atoms with van der Waals surface area (Å²) < 4.78 is 0. The zero-order valence-corrected chi connectivity index (χ0v) is 12.2. The second kappa shape index (κ2) is 9.06. The number of aromatic nitrogens is 2. The quantitative estimate of drug-likeness (QED) is 0.388. The van der Waals surface area contributed by atoms with E-state index in [2.05, 4.69) is 27.5 Å². The lowest BCUT2D eigenvalue weighted by Crippen LogP contribution is -2.11. The molecule has 0 fully saturated rings. The Morgan fingerprint density at radius 2 is 1.70 bits per heavy atom. The van der Waals surface area contributed by atoms with E-state index in [9.17, 15) is 10.1 Å². The van der Waals surface area contributed by atoms with Crippen LogP contribution >= 0.6 is 0 Å². The van der Waals surface area contributed by atoms with Crippen molar-refractivity contribution in [2.24, 2.45) is 0 Å². The van der Waals surface area contributed by atoms with E-state index in [1.807, 2.05) is 6.92 Å². The maximum Gasteiger partial charge on any atom is 0.353 e. The fourth-order valence-electron chi connectivity index (χ4n) is 1.81. The van der Waals surface area contributed by atoms with E-state index in [0.717, 1.165) is 19.3 Å². The van der Waals surface area contributed by atoms with Gasteiger partial charge in [-0.1, -0.05) is 33.1 Å². The van der Waals surface area contributed by atoms with Gasteiger partial charge in [0.15, 0.2) is 0 Å². The molecule has 0 atom stereocenters. The van der Waals surface area contributed by atoms with Gasteiger partial charge in [-0.15, -0.1) is 0 Å². The summed E-state index contributed by atoms with van der Waals surface area (Å²) >= 11 is 0. The molecular formula is C13H23N5O2. The Labute approximate surface area is 119 Å². The Bertz CT molecular complexity index is 425.